The van der Waals surface area contributed by atoms with Crippen LogP contribution in [0.5, 0.6) is 0 Å². The Morgan fingerprint density at radius 3 is 2.08 bits per heavy atom. The van der Waals surface area contributed by atoms with E-state index >= 15 is 0 Å². The molecular formula is C9H19NO2. The lowest BCUT2D eigenvalue weighted by Gasteiger charge is -2.25. The highest BCUT2D eigenvalue weighted by atomic mass is 16.4. The zero-order chi connectivity index (χ0) is 9.72. The minimum absolute atomic E-state index is 0.0764. The van der Waals surface area contributed by atoms with E-state index in [0.29, 0.717) is 12.3 Å². The zero-order valence-corrected chi connectivity index (χ0v) is 8.29. The lowest BCUT2D eigenvalue weighted by atomic mass is 9.89. The van der Waals surface area contributed by atoms with Gasteiger partial charge in [0.15, 0.2) is 0 Å². The Hall–Kier alpha value is -0.570. The quantitative estimate of drug-likeness (QED) is 0.659. The van der Waals surface area contributed by atoms with Crippen LogP contribution in [0.3, 0.4) is 0 Å². The van der Waals surface area contributed by atoms with Crippen molar-refractivity contribution >= 4 is 5.97 Å². The van der Waals surface area contributed by atoms with Gasteiger partial charge in [0.2, 0.25) is 0 Å². The summed E-state index contributed by atoms with van der Waals surface area (Å²) in [7, 11) is 1.82. The minimum atomic E-state index is -0.703. The first-order chi connectivity index (χ1) is 5.54. The number of nitrogens with one attached hydrogen (secondary N) is 1. The van der Waals surface area contributed by atoms with Gasteiger partial charge in [0.05, 0.1) is 5.92 Å². The first-order valence-electron chi connectivity index (χ1n) is 4.44. The highest BCUT2D eigenvalue weighted by Crippen LogP contribution is 2.16. The van der Waals surface area contributed by atoms with Crippen molar-refractivity contribution in [1.82, 2.24) is 5.32 Å². The molecule has 0 aromatic carbocycles. The van der Waals surface area contributed by atoms with E-state index in [0.717, 1.165) is 0 Å². The summed E-state index contributed by atoms with van der Waals surface area (Å²) in [5, 5.41) is 11.9. The summed E-state index contributed by atoms with van der Waals surface area (Å²) in [6.45, 7) is 5.98. The highest BCUT2D eigenvalue weighted by molar-refractivity contribution is 5.70. The Labute approximate surface area is 74.2 Å². The van der Waals surface area contributed by atoms with E-state index in [1.807, 2.05) is 27.8 Å². The van der Waals surface area contributed by atoms with Gasteiger partial charge >= 0.3 is 5.97 Å². The number of carboxylic acid groups (broad SMARTS) is 1. The van der Waals surface area contributed by atoms with Gasteiger partial charge < -0.3 is 10.4 Å². The Kier molecular flexibility index (Phi) is 4.90. The minimum Gasteiger partial charge on any atom is -0.481 e. The van der Waals surface area contributed by atoms with Crippen molar-refractivity contribution in [2.45, 2.75) is 33.2 Å². The van der Waals surface area contributed by atoms with Crippen molar-refractivity contribution in [3.8, 4) is 0 Å². The maximum Gasteiger partial charge on any atom is 0.308 e. The Morgan fingerprint density at radius 1 is 1.50 bits per heavy atom. The van der Waals surface area contributed by atoms with Crippen LogP contribution < -0.4 is 5.32 Å². The third-order valence-corrected chi connectivity index (χ3v) is 2.24. The average Bonchev–Trinajstić information content (AvgIpc) is 1.98. The Balaban J connectivity index is 4.33. The molecule has 2 unspecified atom stereocenters. The van der Waals surface area contributed by atoms with E-state index in [2.05, 4.69) is 5.32 Å². The summed E-state index contributed by atoms with van der Waals surface area (Å²) in [5.74, 6) is -0.614. The number of hydrogen-bond acceptors (Lipinski definition) is 2. The van der Waals surface area contributed by atoms with Gasteiger partial charge in [0, 0.05) is 6.04 Å². The number of aliphatic carboxylic acids is 1. The molecule has 3 nitrogen and oxygen atoms in total. The van der Waals surface area contributed by atoms with Crippen molar-refractivity contribution < 1.29 is 9.90 Å². The standard InChI is InChI=1S/C9H19NO2/c1-5-7(9(11)12)8(10-4)6(2)3/h6-8,10H,5H2,1-4H3,(H,11,12). The predicted octanol–water partition coefficient (Wildman–Crippen LogP) is 1.34. The van der Waals surface area contributed by atoms with Crippen LogP contribution in [0, 0.1) is 11.8 Å². The van der Waals surface area contributed by atoms with Gasteiger partial charge in [-0.25, -0.2) is 0 Å². The lowest BCUT2D eigenvalue weighted by Crippen LogP contribution is -2.41. The van der Waals surface area contributed by atoms with Crippen LogP contribution in [-0.2, 0) is 4.79 Å². The molecule has 0 radical (unpaired) electrons. The highest BCUT2D eigenvalue weighted by Gasteiger charge is 2.27. The fourth-order valence-electron chi connectivity index (χ4n) is 1.58. The molecule has 0 aromatic heterocycles. The molecule has 12 heavy (non-hydrogen) atoms. The molecular weight excluding hydrogens is 154 g/mol. The van der Waals surface area contributed by atoms with E-state index in [1.54, 1.807) is 0 Å². The largest absolute Gasteiger partial charge is 0.481 e. The summed E-state index contributed by atoms with van der Waals surface area (Å²) < 4.78 is 0. The molecule has 0 heterocycles. The molecule has 0 saturated carbocycles. The number of carboxylic acids is 1. The van der Waals surface area contributed by atoms with Crippen LogP contribution in [0.25, 0.3) is 0 Å². The van der Waals surface area contributed by atoms with Gasteiger partial charge in [-0.05, 0) is 19.4 Å². The van der Waals surface area contributed by atoms with Gasteiger partial charge in [0.1, 0.15) is 0 Å². The van der Waals surface area contributed by atoms with Gasteiger partial charge in [-0.3, -0.25) is 4.79 Å². The van der Waals surface area contributed by atoms with Gasteiger partial charge in [-0.2, -0.15) is 0 Å². The third-order valence-electron chi connectivity index (χ3n) is 2.24. The maximum atomic E-state index is 10.8. The molecule has 0 rings (SSSR count). The second kappa shape index (κ2) is 5.14. The molecule has 0 aliphatic rings. The monoisotopic (exact) mass is 173 g/mol. The molecule has 72 valence electrons. The predicted molar refractivity (Wildman–Crippen MR) is 49.1 cm³/mol. The smallest absolute Gasteiger partial charge is 0.308 e. The summed E-state index contributed by atoms with van der Waals surface area (Å²) in [6, 6.07) is 0.0764. The van der Waals surface area contributed by atoms with Crippen molar-refractivity contribution in [2.75, 3.05) is 7.05 Å². The molecule has 0 amide bonds. The summed E-state index contributed by atoms with van der Waals surface area (Å²) in [4.78, 5) is 10.8. The van der Waals surface area contributed by atoms with E-state index in [4.69, 9.17) is 5.11 Å². The fraction of sp³-hybridized carbons (Fsp3) is 0.889. The maximum absolute atomic E-state index is 10.8. The van der Waals surface area contributed by atoms with Crippen LogP contribution in [0.15, 0.2) is 0 Å². The van der Waals surface area contributed by atoms with Crippen molar-refractivity contribution in [1.29, 1.82) is 0 Å². The molecule has 3 heteroatoms. The zero-order valence-electron chi connectivity index (χ0n) is 8.29. The van der Waals surface area contributed by atoms with Crippen LogP contribution in [0.2, 0.25) is 0 Å². The van der Waals surface area contributed by atoms with Gasteiger partial charge in [-0.1, -0.05) is 20.8 Å². The second-order valence-corrected chi connectivity index (χ2v) is 3.41. The van der Waals surface area contributed by atoms with Crippen molar-refractivity contribution in [3.63, 3.8) is 0 Å². The number of rotatable bonds is 5. The number of hydrogen-bond donors (Lipinski definition) is 2. The van der Waals surface area contributed by atoms with E-state index in [9.17, 15) is 4.79 Å². The molecule has 2 atom stereocenters. The average molecular weight is 173 g/mol. The van der Waals surface area contributed by atoms with Crippen LogP contribution in [0.1, 0.15) is 27.2 Å². The molecule has 0 fully saturated rings. The molecule has 0 bridgehead atoms. The van der Waals surface area contributed by atoms with Crippen molar-refractivity contribution in [2.24, 2.45) is 11.8 Å². The van der Waals surface area contributed by atoms with E-state index in [1.165, 1.54) is 0 Å². The van der Waals surface area contributed by atoms with E-state index < -0.39 is 5.97 Å². The van der Waals surface area contributed by atoms with Crippen LogP contribution in [-0.4, -0.2) is 24.2 Å². The van der Waals surface area contributed by atoms with Crippen LogP contribution in [0.4, 0.5) is 0 Å². The third kappa shape index (κ3) is 2.81. The van der Waals surface area contributed by atoms with E-state index in [-0.39, 0.29) is 12.0 Å². The topological polar surface area (TPSA) is 49.3 Å². The van der Waals surface area contributed by atoms with Gasteiger partial charge in [-0.15, -0.1) is 0 Å². The van der Waals surface area contributed by atoms with Crippen LogP contribution >= 0.6 is 0 Å². The summed E-state index contributed by atoms with van der Waals surface area (Å²) in [6.07, 6.45) is 0.680. The molecule has 0 spiro atoms. The Morgan fingerprint density at radius 2 is 2.00 bits per heavy atom. The second-order valence-electron chi connectivity index (χ2n) is 3.41. The Bertz CT molecular complexity index is 145. The summed E-state index contributed by atoms with van der Waals surface area (Å²) >= 11 is 0. The first kappa shape index (κ1) is 11.4. The molecule has 0 aliphatic heterocycles. The normalized spacial score (nSPS) is 16.1. The molecule has 0 aliphatic carbocycles. The molecule has 0 aromatic rings. The fourth-order valence-corrected chi connectivity index (χ4v) is 1.58. The molecule has 0 saturated heterocycles. The van der Waals surface area contributed by atoms with Gasteiger partial charge in [0.25, 0.3) is 0 Å². The first-order valence-corrected chi connectivity index (χ1v) is 4.44. The SMILES string of the molecule is CCC(C(=O)O)C(NC)C(C)C. The lowest BCUT2D eigenvalue weighted by molar-refractivity contribution is -0.143. The molecule has 2 N–H and O–H groups in total. The number of carbonyl (C=O) groups is 1. The van der Waals surface area contributed by atoms with Crippen molar-refractivity contribution in [3.05, 3.63) is 0 Å². The summed E-state index contributed by atoms with van der Waals surface area (Å²) in [5.41, 5.74) is 0.